The van der Waals surface area contributed by atoms with E-state index in [9.17, 15) is 26.3 Å². The van der Waals surface area contributed by atoms with E-state index in [0.29, 0.717) is 5.56 Å². The van der Waals surface area contributed by atoms with Gasteiger partial charge in [0.25, 0.3) is 0 Å². The molecule has 0 bridgehead atoms. The van der Waals surface area contributed by atoms with Crippen LogP contribution >= 0.6 is 11.6 Å². The normalized spacial score (nSPS) is 15.3. The highest BCUT2D eigenvalue weighted by atomic mass is 35.5. The van der Waals surface area contributed by atoms with E-state index in [0.717, 1.165) is 25.2 Å². The molecule has 136 valence electrons. The third-order valence-corrected chi connectivity index (χ3v) is 3.19. The minimum absolute atomic E-state index is 0.0899. The number of carboxylic acids is 1. The quantitative estimate of drug-likeness (QED) is 0.789. The van der Waals surface area contributed by atoms with E-state index in [2.05, 4.69) is 5.32 Å². The van der Waals surface area contributed by atoms with E-state index < -0.39 is 23.9 Å². The van der Waals surface area contributed by atoms with Gasteiger partial charge in [0.15, 0.2) is 0 Å². The lowest BCUT2D eigenvalue weighted by Gasteiger charge is -2.27. The van der Waals surface area contributed by atoms with Crippen molar-refractivity contribution in [1.29, 1.82) is 0 Å². The molecule has 4 nitrogen and oxygen atoms in total. The number of rotatable bonds is 3. The van der Waals surface area contributed by atoms with Crippen molar-refractivity contribution < 1.29 is 41.0 Å². The molecule has 1 aromatic carbocycles. The van der Waals surface area contributed by atoms with Crippen LogP contribution in [0.3, 0.4) is 0 Å². The maximum Gasteiger partial charge on any atom is 0.490 e. The van der Waals surface area contributed by atoms with Crippen LogP contribution in [0.1, 0.15) is 11.1 Å². The van der Waals surface area contributed by atoms with Crippen molar-refractivity contribution in [3.05, 3.63) is 34.3 Å². The number of benzene rings is 1. The Bertz CT molecular complexity index is 572. The van der Waals surface area contributed by atoms with Gasteiger partial charge in [-0.15, -0.1) is 0 Å². The second kappa shape index (κ2) is 8.04. The lowest BCUT2D eigenvalue weighted by Crippen LogP contribution is -2.48. The third kappa shape index (κ3) is 6.54. The molecule has 0 atom stereocenters. The fraction of sp³-hybridized carbons (Fsp3) is 0.462. The summed E-state index contributed by atoms with van der Waals surface area (Å²) in [6.07, 6.45) is -9.31. The van der Waals surface area contributed by atoms with Crippen LogP contribution in [0.2, 0.25) is 5.02 Å². The Morgan fingerprint density at radius 2 is 1.79 bits per heavy atom. The van der Waals surface area contributed by atoms with Crippen LogP contribution in [-0.2, 0) is 22.3 Å². The number of nitrogens with one attached hydrogen (secondary N) is 1. The monoisotopic (exact) mass is 379 g/mol. The van der Waals surface area contributed by atoms with Crippen molar-refractivity contribution in [3.63, 3.8) is 0 Å². The van der Waals surface area contributed by atoms with Gasteiger partial charge < -0.3 is 15.2 Å². The van der Waals surface area contributed by atoms with Gasteiger partial charge in [-0.25, -0.2) is 4.79 Å². The van der Waals surface area contributed by atoms with Crippen molar-refractivity contribution in [2.45, 2.75) is 25.1 Å². The van der Waals surface area contributed by atoms with Crippen molar-refractivity contribution in [3.8, 4) is 0 Å². The highest BCUT2D eigenvalue weighted by molar-refractivity contribution is 6.31. The Morgan fingerprint density at radius 1 is 1.25 bits per heavy atom. The topological polar surface area (TPSA) is 58.6 Å². The highest BCUT2D eigenvalue weighted by Gasteiger charge is 2.38. The summed E-state index contributed by atoms with van der Waals surface area (Å²) < 4.78 is 74.3. The van der Waals surface area contributed by atoms with Crippen LogP contribution < -0.4 is 5.32 Å². The van der Waals surface area contributed by atoms with Gasteiger partial charge >= 0.3 is 18.3 Å². The predicted octanol–water partition coefficient (Wildman–Crippen LogP) is 3.48. The molecule has 24 heavy (non-hydrogen) atoms. The van der Waals surface area contributed by atoms with Gasteiger partial charge in [-0.2, -0.15) is 26.3 Å². The van der Waals surface area contributed by atoms with E-state index >= 15 is 0 Å². The number of hydrogen-bond acceptors (Lipinski definition) is 3. The van der Waals surface area contributed by atoms with Crippen LogP contribution in [0, 0.1) is 0 Å². The zero-order chi connectivity index (χ0) is 18.5. The maximum absolute atomic E-state index is 12.4. The number of ether oxygens (including phenoxy) is 1. The van der Waals surface area contributed by atoms with E-state index in [-0.39, 0.29) is 17.7 Å². The van der Waals surface area contributed by atoms with E-state index in [1.54, 1.807) is 0 Å². The van der Waals surface area contributed by atoms with Crippen molar-refractivity contribution in [2.24, 2.45) is 0 Å². The van der Waals surface area contributed by atoms with Gasteiger partial charge in [0.1, 0.15) is 0 Å². The molecule has 2 N–H and O–H groups in total. The molecule has 1 aliphatic rings. The molecular weight excluding hydrogens is 368 g/mol. The molecule has 0 amide bonds. The molecule has 1 saturated heterocycles. The van der Waals surface area contributed by atoms with Crippen molar-refractivity contribution >= 4 is 17.6 Å². The minimum Gasteiger partial charge on any atom is -0.475 e. The van der Waals surface area contributed by atoms with Gasteiger partial charge in [0.05, 0.1) is 18.3 Å². The number of hydrogen-bond donors (Lipinski definition) is 2. The number of alkyl halides is 6. The van der Waals surface area contributed by atoms with Crippen LogP contribution in [-0.4, -0.2) is 36.4 Å². The number of carbonyl (C=O) groups is 1. The second-order valence-electron chi connectivity index (χ2n) is 4.70. The summed E-state index contributed by atoms with van der Waals surface area (Å²) in [6.45, 7) is 1.79. The fourth-order valence-electron chi connectivity index (χ4n) is 1.43. The first-order chi connectivity index (χ1) is 10.9. The maximum atomic E-state index is 12.4. The van der Waals surface area contributed by atoms with Crippen LogP contribution in [0.5, 0.6) is 0 Å². The van der Waals surface area contributed by atoms with Crippen LogP contribution in [0.25, 0.3) is 0 Å². The summed E-state index contributed by atoms with van der Waals surface area (Å²) in [5.41, 5.74) is -0.164. The smallest absolute Gasteiger partial charge is 0.475 e. The Kier molecular flexibility index (Phi) is 6.87. The first kappa shape index (κ1) is 20.5. The van der Waals surface area contributed by atoms with Gasteiger partial charge in [0.2, 0.25) is 0 Å². The molecule has 0 saturated carbocycles. The largest absolute Gasteiger partial charge is 0.490 e. The fourth-order valence-corrected chi connectivity index (χ4v) is 1.66. The number of aliphatic carboxylic acids is 1. The van der Waals surface area contributed by atoms with Crippen LogP contribution in [0.4, 0.5) is 26.3 Å². The first-order valence-corrected chi connectivity index (χ1v) is 6.77. The van der Waals surface area contributed by atoms with Crippen molar-refractivity contribution in [2.75, 3.05) is 13.1 Å². The summed E-state index contributed by atoms with van der Waals surface area (Å²) in [4.78, 5) is 8.90. The van der Waals surface area contributed by atoms with Crippen molar-refractivity contribution in [1.82, 2.24) is 5.32 Å². The number of halogens is 7. The summed E-state index contributed by atoms with van der Waals surface area (Å²) in [5.74, 6) is -2.76. The van der Waals surface area contributed by atoms with Crippen LogP contribution in [0.15, 0.2) is 18.2 Å². The van der Waals surface area contributed by atoms with E-state index in [1.807, 2.05) is 0 Å². The average molecular weight is 380 g/mol. The Balaban J connectivity index is 0.000000351. The molecule has 0 radical (unpaired) electrons. The molecule has 1 heterocycles. The summed E-state index contributed by atoms with van der Waals surface area (Å²) >= 11 is 5.78. The molecule has 1 aromatic rings. The minimum atomic E-state index is -5.08. The summed E-state index contributed by atoms with van der Waals surface area (Å²) in [7, 11) is 0. The van der Waals surface area contributed by atoms with Gasteiger partial charge in [-0.1, -0.05) is 17.7 Å². The predicted molar refractivity (Wildman–Crippen MR) is 71.6 cm³/mol. The molecule has 0 spiro atoms. The molecule has 0 aromatic heterocycles. The molecule has 2 rings (SSSR count). The number of carboxylic acid groups (broad SMARTS) is 1. The zero-order valence-electron chi connectivity index (χ0n) is 11.8. The first-order valence-electron chi connectivity index (χ1n) is 6.39. The van der Waals surface area contributed by atoms with Gasteiger partial charge in [0, 0.05) is 18.1 Å². The zero-order valence-corrected chi connectivity index (χ0v) is 12.6. The van der Waals surface area contributed by atoms with Gasteiger partial charge in [-0.3, -0.25) is 0 Å². The SMILES string of the molecule is FC(F)(F)c1ccc(COC2CNC2)c(Cl)c1.O=C(O)C(F)(F)F. The highest BCUT2D eigenvalue weighted by Crippen LogP contribution is 2.32. The standard InChI is InChI=1S/C11H11ClF3NO.C2HF3O2/c12-10-3-8(11(13,14)15)2-1-7(10)6-17-9-4-16-5-9;3-2(4,5)1(6)7/h1-3,9,16H,4-6H2;(H,6,7). The Labute approximate surface area is 137 Å². The molecule has 0 unspecified atom stereocenters. The lowest BCUT2D eigenvalue weighted by atomic mass is 10.1. The molecule has 0 aliphatic carbocycles. The lowest BCUT2D eigenvalue weighted by molar-refractivity contribution is -0.192. The molecule has 11 heteroatoms. The van der Waals surface area contributed by atoms with E-state index in [4.69, 9.17) is 26.2 Å². The second-order valence-corrected chi connectivity index (χ2v) is 5.11. The third-order valence-electron chi connectivity index (χ3n) is 2.84. The Hall–Kier alpha value is -1.52. The summed E-state index contributed by atoms with van der Waals surface area (Å²) in [5, 5.41) is 10.2. The average Bonchev–Trinajstić information content (AvgIpc) is 2.37. The van der Waals surface area contributed by atoms with Gasteiger partial charge in [-0.05, 0) is 17.7 Å². The summed E-state index contributed by atoms with van der Waals surface area (Å²) in [6, 6.07) is 3.31. The molecule has 1 fully saturated rings. The molecule has 1 aliphatic heterocycles. The van der Waals surface area contributed by atoms with E-state index in [1.165, 1.54) is 6.07 Å². The molecular formula is C13H12ClF6NO3. The Morgan fingerprint density at radius 3 is 2.12 bits per heavy atom.